The van der Waals surface area contributed by atoms with Crippen LogP contribution in [0.3, 0.4) is 0 Å². The number of hydrogen-bond donors (Lipinski definition) is 0. The van der Waals surface area contributed by atoms with Gasteiger partial charge in [0.1, 0.15) is 0 Å². The molecule has 0 aromatic heterocycles. The number of nitro groups is 1. The molecule has 1 aromatic rings. The molecule has 0 heterocycles. The summed E-state index contributed by atoms with van der Waals surface area (Å²) in [6, 6.07) is 3.62. The van der Waals surface area contributed by atoms with Crippen molar-refractivity contribution in [1.29, 1.82) is 0 Å². The zero-order valence-electron chi connectivity index (χ0n) is 6.21. The molecular formula is C7H4F2INO2. The number of alkyl halides is 2. The van der Waals surface area contributed by atoms with Crippen molar-refractivity contribution in [3.8, 4) is 0 Å². The van der Waals surface area contributed by atoms with Gasteiger partial charge in [-0.2, -0.15) is 0 Å². The Morgan fingerprint density at radius 1 is 1.46 bits per heavy atom. The monoisotopic (exact) mass is 299 g/mol. The molecule has 0 N–H and O–H groups in total. The van der Waals surface area contributed by atoms with Gasteiger partial charge < -0.3 is 0 Å². The summed E-state index contributed by atoms with van der Waals surface area (Å²) in [6.07, 6.45) is -2.81. The molecule has 0 aliphatic carbocycles. The van der Waals surface area contributed by atoms with Crippen molar-refractivity contribution in [3.05, 3.63) is 37.4 Å². The maximum Gasteiger partial charge on any atom is 0.278 e. The third-order valence-corrected chi connectivity index (χ3v) is 2.09. The Kier molecular flexibility index (Phi) is 3.12. The lowest BCUT2D eigenvalue weighted by molar-refractivity contribution is -0.386. The van der Waals surface area contributed by atoms with Gasteiger partial charge in [0.05, 0.1) is 10.5 Å². The molecule has 0 atom stereocenters. The van der Waals surface area contributed by atoms with Crippen molar-refractivity contribution < 1.29 is 13.7 Å². The van der Waals surface area contributed by atoms with E-state index < -0.39 is 22.6 Å². The minimum absolute atomic E-state index is 0.531. The van der Waals surface area contributed by atoms with Gasteiger partial charge in [0.2, 0.25) is 0 Å². The van der Waals surface area contributed by atoms with Gasteiger partial charge in [0.25, 0.3) is 12.1 Å². The van der Waals surface area contributed by atoms with E-state index in [0.29, 0.717) is 3.57 Å². The molecule has 0 bridgehead atoms. The Labute approximate surface area is 86.0 Å². The van der Waals surface area contributed by atoms with E-state index in [0.717, 1.165) is 12.1 Å². The molecule has 0 unspecified atom stereocenters. The second-order valence-corrected chi connectivity index (χ2v) is 3.51. The van der Waals surface area contributed by atoms with Crippen LogP contribution in [0.2, 0.25) is 0 Å². The van der Waals surface area contributed by atoms with Crippen molar-refractivity contribution >= 4 is 28.3 Å². The van der Waals surface area contributed by atoms with Crippen LogP contribution >= 0.6 is 22.6 Å². The molecule has 1 aromatic carbocycles. The number of nitrogens with zero attached hydrogens (tertiary/aromatic N) is 1. The lowest BCUT2D eigenvalue weighted by atomic mass is 10.2. The predicted octanol–water partition coefficient (Wildman–Crippen LogP) is 3.14. The van der Waals surface area contributed by atoms with Crippen molar-refractivity contribution in [1.82, 2.24) is 0 Å². The van der Waals surface area contributed by atoms with E-state index in [2.05, 4.69) is 0 Å². The number of halogens is 3. The Balaban J connectivity index is 3.26. The fraction of sp³-hybridized carbons (Fsp3) is 0.143. The van der Waals surface area contributed by atoms with Gasteiger partial charge in [-0.15, -0.1) is 0 Å². The molecule has 6 heteroatoms. The van der Waals surface area contributed by atoms with E-state index in [9.17, 15) is 18.9 Å². The highest BCUT2D eigenvalue weighted by atomic mass is 127. The molecule has 70 valence electrons. The number of rotatable bonds is 2. The molecule has 0 spiro atoms. The van der Waals surface area contributed by atoms with E-state index in [1.54, 1.807) is 0 Å². The molecule has 0 amide bonds. The van der Waals surface area contributed by atoms with E-state index in [-0.39, 0.29) is 0 Å². The van der Waals surface area contributed by atoms with Crippen molar-refractivity contribution in [2.75, 3.05) is 0 Å². The van der Waals surface area contributed by atoms with Crippen LogP contribution in [0.25, 0.3) is 0 Å². The topological polar surface area (TPSA) is 43.1 Å². The molecule has 0 saturated carbocycles. The SMILES string of the molecule is O=[N+]([O-])c1ccc(I)cc1C(F)F. The summed E-state index contributed by atoms with van der Waals surface area (Å²) in [4.78, 5) is 9.50. The molecule has 0 aliphatic rings. The van der Waals surface area contributed by atoms with Gasteiger partial charge in [0.15, 0.2) is 0 Å². The maximum absolute atomic E-state index is 12.3. The van der Waals surface area contributed by atoms with E-state index in [4.69, 9.17) is 0 Å². The van der Waals surface area contributed by atoms with E-state index >= 15 is 0 Å². The van der Waals surface area contributed by atoms with Crippen LogP contribution in [-0.2, 0) is 0 Å². The summed E-state index contributed by atoms with van der Waals surface area (Å²) in [5.74, 6) is 0. The lowest BCUT2D eigenvalue weighted by Crippen LogP contribution is -1.96. The number of nitro benzene ring substituents is 1. The van der Waals surface area contributed by atoms with Crippen LogP contribution < -0.4 is 0 Å². The Morgan fingerprint density at radius 3 is 2.54 bits per heavy atom. The second-order valence-electron chi connectivity index (χ2n) is 2.26. The summed E-state index contributed by atoms with van der Waals surface area (Å²) >= 11 is 1.82. The van der Waals surface area contributed by atoms with E-state index in [1.165, 1.54) is 6.07 Å². The quantitative estimate of drug-likeness (QED) is 0.478. The maximum atomic E-state index is 12.3. The highest BCUT2D eigenvalue weighted by Crippen LogP contribution is 2.29. The highest BCUT2D eigenvalue weighted by molar-refractivity contribution is 14.1. The smallest absolute Gasteiger partial charge is 0.258 e. The predicted molar refractivity (Wildman–Crippen MR) is 50.8 cm³/mol. The average molecular weight is 299 g/mol. The van der Waals surface area contributed by atoms with Crippen LogP contribution in [0.15, 0.2) is 18.2 Å². The van der Waals surface area contributed by atoms with Crippen LogP contribution in [0.4, 0.5) is 14.5 Å². The average Bonchev–Trinajstić information content (AvgIpc) is 2.03. The van der Waals surface area contributed by atoms with Gasteiger partial charge in [0, 0.05) is 9.64 Å². The van der Waals surface area contributed by atoms with Crippen molar-refractivity contribution in [2.45, 2.75) is 6.43 Å². The van der Waals surface area contributed by atoms with Crippen LogP contribution in [0, 0.1) is 13.7 Å². The molecule has 0 saturated heterocycles. The lowest BCUT2D eigenvalue weighted by Gasteiger charge is -2.01. The van der Waals surface area contributed by atoms with Crippen LogP contribution in [-0.4, -0.2) is 4.92 Å². The van der Waals surface area contributed by atoms with Gasteiger partial charge in [-0.05, 0) is 34.7 Å². The van der Waals surface area contributed by atoms with Gasteiger partial charge >= 0.3 is 0 Å². The van der Waals surface area contributed by atoms with Crippen molar-refractivity contribution in [3.63, 3.8) is 0 Å². The third-order valence-electron chi connectivity index (χ3n) is 1.42. The highest BCUT2D eigenvalue weighted by Gasteiger charge is 2.21. The standard InChI is InChI=1S/C7H4F2INO2/c8-7(9)5-3-4(10)1-2-6(5)11(12)13/h1-3,7H. The Bertz CT molecular complexity index is 343. The summed E-state index contributed by atoms with van der Waals surface area (Å²) in [6.45, 7) is 0. The zero-order chi connectivity index (χ0) is 10.0. The summed E-state index contributed by atoms with van der Waals surface area (Å²) < 4.78 is 25.1. The molecule has 0 aliphatic heterocycles. The van der Waals surface area contributed by atoms with Gasteiger partial charge in [-0.25, -0.2) is 8.78 Å². The summed E-state index contributed by atoms with van der Waals surface area (Å²) in [5.41, 5.74) is -1.06. The Morgan fingerprint density at radius 2 is 2.08 bits per heavy atom. The molecule has 0 radical (unpaired) electrons. The molecule has 0 fully saturated rings. The summed E-state index contributed by atoms with van der Waals surface area (Å²) in [5, 5.41) is 10.3. The molecule has 3 nitrogen and oxygen atoms in total. The van der Waals surface area contributed by atoms with Gasteiger partial charge in [-0.3, -0.25) is 10.1 Å². The number of hydrogen-bond acceptors (Lipinski definition) is 2. The number of benzene rings is 1. The van der Waals surface area contributed by atoms with Crippen LogP contribution in [0.1, 0.15) is 12.0 Å². The zero-order valence-corrected chi connectivity index (χ0v) is 8.36. The van der Waals surface area contributed by atoms with Crippen LogP contribution in [0.5, 0.6) is 0 Å². The largest absolute Gasteiger partial charge is 0.278 e. The first-order valence-corrected chi connectivity index (χ1v) is 4.32. The fourth-order valence-corrected chi connectivity index (χ4v) is 1.38. The van der Waals surface area contributed by atoms with E-state index in [1.807, 2.05) is 22.6 Å². The fourth-order valence-electron chi connectivity index (χ4n) is 0.866. The first-order valence-electron chi connectivity index (χ1n) is 3.24. The first kappa shape index (κ1) is 10.3. The minimum atomic E-state index is -2.81. The molecule has 13 heavy (non-hydrogen) atoms. The minimum Gasteiger partial charge on any atom is -0.258 e. The van der Waals surface area contributed by atoms with Gasteiger partial charge in [-0.1, -0.05) is 0 Å². The molecular weight excluding hydrogens is 295 g/mol. The Hall–Kier alpha value is -0.790. The first-order chi connectivity index (χ1) is 6.02. The third kappa shape index (κ3) is 2.33. The van der Waals surface area contributed by atoms with Crippen molar-refractivity contribution in [2.24, 2.45) is 0 Å². The summed E-state index contributed by atoms with van der Waals surface area (Å²) in [7, 11) is 0. The molecule has 1 rings (SSSR count). The second kappa shape index (κ2) is 3.95. The normalized spacial score (nSPS) is 10.5.